The number of nitrogens with zero attached hydrogens (tertiary/aromatic N) is 5. The Kier molecular flexibility index (Phi) is 5.23. The molecule has 0 unspecified atom stereocenters. The SMILES string of the molecule is CCS(=O)(=O)c1cc(-c2cc(C3CC3)ccn2)cnc1-c1nc2cc(C(C)(F)F)cnc2n1C. The third-order valence-electron chi connectivity index (χ3n) is 6.12. The molecule has 1 aliphatic rings. The second-order valence-electron chi connectivity index (χ2n) is 8.67. The molecule has 4 aromatic rings. The molecule has 1 saturated carbocycles. The molecular formula is C24H23F2N5O2S. The molecule has 0 N–H and O–H groups in total. The Labute approximate surface area is 195 Å². The van der Waals surface area contributed by atoms with Gasteiger partial charge in [0.1, 0.15) is 11.2 Å². The van der Waals surface area contributed by atoms with Gasteiger partial charge in [0.2, 0.25) is 0 Å². The Hall–Kier alpha value is -3.27. The first-order valence-electron chi connectivity index (χ1n) is 11.0. The first-order valence-corrected chi connectivity index (χ1v) is 12.6. The van der Waals surface area contributed by atoms with Gasteiger partial charge in [-0.15, -0.1) is 0 Å². The van der Waals surface area contributed by atoms with E-state index < -0.39 is 15.8 Å². The van der Waals surface area contributed by atoms with Crippen LogP contribution in [0.3, 0.4) is 0 Å². The molecule has 0 bridgehead atoms. The van der Waals surface area contributed by atoms with Gasteiger partial charge in [-0.25, -0.2) is 27.2 Å². The monoisotopic (exact) mass is 483 g/mol. The smallest absolute Gasteiger partial charge is 0.272 e. The fourth-order valence-corrected chi connectivity index (χ4v) is 5.00. The number of sulfone groups is 1. The summed E-state index contributed by atoms with van der Waals surface area (Å²) in [5.74, 6) is -2.44. The number of pyridine rings is 3. The average Bonchev–Trinajstić information content (AvgIpc) is 3.62. The average molecular weight is 484 g/mol. The molecule has 0 amide bonds. The highest BCUT2D eigenvalue weighted by Crippen LogP contribution is 2.41. The standard InChI is InChI=1S/C24H23F2N5O2S/c1-4-34(32,33)20-10-16(18-9-15(7-8-27-18)14-5-6-14)12-28-21(20)23-30-19-11-17(24(2,25)26)13-29-22(19)31(23)3/h7-14H,4-6H2,1-3H3. The van der Waals surface area contributed by atoms with E-state index in [-0.39, 0.29) is 33.2 Å². The van der Waals surface area contributed by atoms with Crippen molar-refractivity contribution in [3.05, 3.63) is 54.0 Å². The van der Waals surface area contributed by atoms with Crippen LogP contribution in [0, 0.1) is 0 Å². The van der Waals surface area contributed by atoms with Crippen molar-refractivity contribution in [2.24, 2.45) is 7.05 Å². The van der Waals surface area contributed by atoms with E-state index in [0.29, 0.717) is 22.8 Å². The van der Waals surface area contributed by atoms with E-state index in [1.807, 2.05) is 12.1 Å². The zero-order valence-corrected chi connectivity index (χ0v) is 19.8. The Morgan fingerprint density at radius 2 is 1.88 bits per heavy atom. The lowest BCUT2D eigenvalue weighted by Gasteiger charge is -2.11. The minimum Gasteiger partial charge on any atom is -0.310 e. The van der Waals surface area contributed by atoms with E-state index in [0.717, 1.165) is 26.0 Å². The number of alkyl halides is 2. The van der Waals surface area contributed by atoms with Crippen molar-refractivity contribution in [3.8, 4) is 22.8 Å². The summed E-state index contributed by atoms with van der Waals surface area (Å²) < 4.78 is 55.3. The van der Waals surface area contributed by atoms with Gasteiger partial charge in [-0.3, -0.25) is 9.97 Å². The zero-order valence-electron chi connectivity index (χ0n) is 19.0. The molecule has 4 heterocycles. The van der Waals surface area contributed by atoms with Gasteiger partial charge in [0.25, 0.3) is 5.92 Å². The predicted octanol–water partition coefficient (Wildman–Crippen LogP) is 4.88. The lowest BCUT2D eigenvalue weighted by molar-refractivity contribution is 0.0172. The van der Waals surface area contributed by atoms with Crippen molar-refractivity contribution in [2.75, 3.05) is 5.75 Å². The molecule has 34 heavy (non-hydrogen) atoms. The van der Waals surface area contributed by atoms with Crippen molar-refractivity contribution in [2.45, 2.75) is 43.4 Å². The summed E-state index contributed by atoms with van der Waals surface area (Å²) in [5.41, 5.74) is 2.89. The van der Waals surface area contributed by atoms with Crippen LogP contribution in [0.5, 0.6) is 0 Å². The summed E-state index contributed by atoms with van der Waals surface area (Å²) in [7, 11) is -2.04. The van der Waals surface area contributed by atoms with Crippen LogP contribution < -0.4 is 0 Å². The quantitative estimate of drug-likeness (QED) is 0.388. The van der Waals surface area contributed by atoms with E-state index in [2.05, 4.69) is 19.9 Å². The number of imidazole rings is 1. The number of aryl methyl sites for hydroxylation is 1. The van der Waals surface area contributed by atoms with Crippen LogP contribution in [-0.2, 0) is 22.8 Å². The molecule has 0 atom stereocenters. The van der Waals surface area contributed by atoms with Crippen LogP contribution in [0.1, 0.15) is 43.7 Å². The topological polar surface area (TPSA) is 90.6 Å². The van der Waals surface area contributed by atoms with Gasteiger partial charge in [-0.2, -0.15) is 0 Å². The summed E-state index contributed by atoms with van der Waals surface area (Å²) in [6.07, 6.45) is 6.68. The molecule has 1 fully saturated rings. The van der Waals surface area contributed by atoms with Gasteiger partial charge in [0.15, 0.2) is 21.3 Å². The second kappa shape index (κ2) is 7.90. The number of hydrogen-bond acceptors (Lipinski definition) is 6. The fraction of sp³-hybridized carbons (Fsp3) is 0.333. The van der Waals surface area contributed by atoms with Gasteiger partial charge in [-0.1, -0.05) is 6.92 Å². The molecule has 0 aliphatic heterocycles. The third-order valence-corrected chi connectivity index (χ3v) is 7.87. The summed E-state index contributed by atoms with van der Waals surface area (Å²) in [5, 5.41) is 0. The lowest BCUT2D eigenvalue weighted by atomic mass is 10.1. The first-order chi connectivity index (χ1) is 16.1. The maximum atomic E-state index is 13.8. The molecule has 0 spiro atoms. The Morgan fingerprint density at radius 3 is 2.56 bits per heavy atom. The zero-order chi connectivity index (χ0) is 24.3. The van der Waals surface area contributed by atoms with Gasteiger partial charge >= 0.3 is 0 Å². The van der Waals surface area contributed by atoms with E-state index in [4.69, 9.17) is 0 Å². The summed E-state index contributed by atoms with van der Waals surface area (Å²) in [4.78, 5) is 17.5. The van der Waals surface area contributed by atoms with E-state index in [1.54, 1.807) is 37.0 Å². The summed E-state index contributed by atoms with van der Waals surface area (Å²) in [6, 6.07) is 6.79. The minimum absolute atomic E-state index is 0.0191. The van der Waals surface area contributed by atoms with Crippen LogP contribution in [0.4, 0.5) is 8.78 Å². The van der Waals surface area contributed by atoms with E-state index in [9.17, 15) is 17.2 Å². The van der Waals surface area contributed by atoms with Gasteiger partial charge in [0.05, 0.1) is 16.3 Å². The highest BCUT2D eigenvalue weighted by Gasteiger charge is 2.28. The number of fused-ring (bicyclic) bond motifs is 1. The van der Waals surface area contributed by atoms with Crippen LogP contribution in [0.15, 0.2) is 47.8 Å². The van der Waals surface area contributed by atoms with Crippen LogP contribution in [0.2, 0.25) is 0 Å². The maximum Gasteiger partial charge on any atom is 0.272 e. The molecule has 0 saturated heterocycles. The molecule has 5 rings (SSSR count). The molecule has 4 aromatic heterocycles. The van der Waals surface area contributed by atoms with Crippen molar-refractivity contribution >= 4 is 21.0 Å². The highest BCUT2D eigenvalue weighted by atomic mass is 32.2. The molecule has 0 radical (unpaired) electrons. The van der Waals surface area contributed by atoms with Gasteiger partial charge in [0, 0.05) is 43.7 Å². The van der Waals surface area contributed by atoms with E-state index >= 15 is 0 Å². The number of aromatic nitrogens is 5. The normalized spacial score (nSPS) is 14.6. The van der Waals surface area contributed by atoms with Crippen LogP contribution in [0.25, 0.3) is 33.9 Å². The van der Waals surface area contributed by atoms with Crippen molar-refractivity contribution in [3.63, 3.8) is 0 Å². The van der Waals surface area contributed by atoms with Crippen molar-refractivity contribution in [1.29, 1.82) is 0 Å². The Bertz CT molecular complexity index is 1520. The lowest BCUT2D eigenvalue weighted by Crippen LogP contribution is -2.09. The van der Waals surface area contributed by atoms with Gasteiger partial charge in [-0.05, 0) is 48.6 Å². The number of hydrogen-bond donors (Lipinski definition) is 0. The number of rotatable bonds is 6. The van der Waals surface area contributed by atoms with Crippen molar-refractivity contribution in [1.82, 2.24) is 24.5 Å². The summed E-state index contributed by atoms with van der Waals surface area (Å²) in [6.45, 7) is 2.35. The molecule has 7 nitrogen and oxygen atoms in total. The fourth-order valence-electron chi connectivity index (χ4n) is 3.95. The minimum atomic E-state index is -3.69. The molecule has 0 aromatic carbocycles. The Balaban J connectivity index is 1.68. The molecular weight excluding hydrogens is 460 g/mol. The largest absolute Gasteiger partial charge is 0.310 e. The number of halogens is 2. The van der Waals surface area contributed by atoms with Gasteiger partial charge < -0.3 is 4.57 Å². The van der Waals surface area contributed by atoms with Crippen LogP contribution in [-0.4, -0.2) is 38.7 Å². The van der Waals surface area contributed by atoms with Crippen LogP contribution >= 0.6 is 0 Å². The highest BCUT2D eigenvalue weighted by molar-refractivity contribution is 7.91. The third kappa shape index (κ3) is 3.96. The molecule has 10 heteroatoms. The summed E-state index contributed by atoms with van der Waals surface area (Å²) >= 11 is 0. The maximum absolute atomic E-state index is 13.8. The molecule has 176 valence electrons. The molecule has 1 aliphatic carbocycles. The van der Waals surface area contributed by atoms with E-state index in [1.165, 1.54) is 11.6 Å². The van der Waals surface area contributed by atoms with Crippen molar-refractivity contribution < 1.29 is 17.2 Å². The second-order valence-corrected chi connectivity index (χ2v) is 10.9. The Morgan fingerprint density at radius 1 is 1.12 bits per heavy atom. The first kappa shape index (κ1) is 22.5. The predicted molar refractivity (Wildman–Crippen MR) is 124 cm³/mol.